The summed E-state index contributed by atoms with van der Waals surface area (Å²) in [6, 6.07) is 6.23. The summed E-state index contributed by atoms with van der Waals surface area (Å²) in [7, 11) is 3.31. The quantitative estimate of drug-likeness (QED) is 0.716. The van der Waals surface area contributed by atoms with Gasteiger partial charge in [-0.25, -0.2) is 0 Å². The number of ether oxygens (including phenoxy) is 3. The Kier molecular flexibility index (Phi) is 8.16. The van der Waals surface area contributed by atoms with Gasteiger partial charge >= 0.3 is 0 Å². The maximum absolute atomic E-state index is 5.90. The summed E-state index contributed by atoms with van der Waals surface area (Å²) in [5.74, 6) is 1.50. The molecule has 2 unspecified atom stereocenters. The fourth-order valence-corrected chi connectivity index (χ4v) is 2.47. The van der Waals surface area contributed by atoms with Crippen LogP contribution in [0.2, 0.25) is 0 Å². The number of hydrogen-bond donors (Lipinski definition) is 1. The van der Waals surface area contributed by atoms with Gasteiger partial charge < -0.3 is 19.5 Å². The maximum atomic E-state index is 5.90. The van der Waals surface area contributed by atoms with E-state index in [1.165, 1.54) is 5.56 Å². The van der Waals surface area contributed by atoms with Gasteiger partial charge in [-0.15, -0.1) is 0 Å². The average molecular weight is 295 g/mol. The van der Waals surface area contributed by atoms with Crippen LogP contribution in [0.15, 0.2) is 18.2 Å². The molecular formula is C17H29NO3. The van der Waals surface area contributed by atoms with Crippen LogP contribution in [0.25, 0.3) is 0 Å². The molecule has 0 saturated carbocycles. The monoisotopic (exact) mass is 295 g/mol. The first-order chi connectivity index (χ1) is 10.2. The summed E-state index contributed by atoms with van der Waals surface area (Å²) in [6.07, 6.45) is 2.20. The minimum absolute atomic E-state index is 0.152. The zero-order valence-corrected chi connectivity index (χ0v) is 13.9. The van der Waals surface area contributed by atoms with Gasteiger partial charge in [-0.2, -0.15) is 0 Å². The highest BCUT2D eigenvalue weighted by atomic mass is 16.5. The zero-order valence-electron chi connectivity index (χ0n) is 13.9. The summed E-state index contributed by atoms with van der Waals surface area (Å²) in [5, 5.41) is 3.59. The van der Waals surface area contributed by atoms with Crippen LogP contribution in [0.4, 0.5) is 0 Å². The van der Waals surface area contributed by atoms with Crippen molar-refractivity contribution in [2.24, 2.45) is 0 Å². The molecule has 0 aliphatic rings. The molecule has 4 nitrogen and oxygen atoms in total. The summed E-state index contributed by atoms with van der Waals surface area (Å²) < 4.78 is 16.6. The first kappa shape index (κ1) is 17.8. The highest BCUT2D eigenvalue weighted by Crippen LogP contribution is 2.32. The van der Waals surface area contributed by atoms with Crippen LogP contribution in [-0.2, 0) is 4.74 Å². The lowest BCUT2D eigenvalue weighted by atomic mass is 9.98. The SMILES string of the molecule is CCCNC(c1ccc(OC)c(OC)c1)C(CC)OCC. The number of nitrogens with one attached hydrogen (secondary N) is 1. The molecule has 0 heterocycles. The Morgan fingerprint density at radius 3 is 2.29 bits per heavy atom. The van der Waals surface area contributed by atoms with Gasteiger partial charge in [-0.3, -0.25) is 0 Å². The Balaban J connectivity index is 3.06. The Hall–Kier alpha value is -1.26. The van der Waals surface area contributed by atoms with Gasteiger partial charge in [0.25, 0.3) is 0 Å². The molecule has 4 heteroatoms. The number of benzene rings is 1. The smallest absolute Gasteiger partial charge is 0.161 e. The summed E-state index contributed by atoms with van der Waals surface area (Å²) in [6.45, 7) is 8.04. The average Bonchev–Trinajstić information content (AvgIpc) is 2.53. The van der Waals surface area contributed by atoms with Gasteiger partial charge in [0.2, 0.25) is 0 Å². The van der Waals surface area contributed by atoms with E-state index in [4.69, 9.17) is 14.2 Å². The Morgan fingerprint density at radius 1 is 1.05 bits per heavy atom. The molecule has 0 saturated heterocycles. The van der Waals surface area contributed by atoms with Gasteiger partial charge in [0.1, 0.15) is 0 Å². The predicted octanol–water partition coefficient (Wildman–Crippen LogP) is 3.56. The van der Waals surface area contributed by atoms with E-state index in [1.807, 2.05) is 19.1 Å². The molecule has 1 aromatic rings. The van der Waals surface area contributed by atoms with E-state index in [9.17, 15) is 0 Å². The van der Waals surface area contributed by atoms with Gasteiger partial charge in [-0.1, -0.05) is 19.9 Å². The number of hydrogen-bond acceptors (Lipinski definition) is 4. The Labute approximate surface area is 128 Å². The third-order valence-electron chi connectivity index (χ3n) is 3.54. The van der Waals surface area contributed by atoms with Crippen molar-refractivity contribution in [2.75, 3.05) is 27.4 Å². The largest absolute Gasteiger partial charge is 0.493 e. The van der Waals surface area contributed by atoms with E-state index in [1.54, 1.807) is 14.2 Å². The van der Waals surface area contributed by atoms with Gasteiger partial charge in [-0.05, 0) is 44.0 Å². The van der Waals surface area contributed by atoms with Crippen molar-refractivity contribution in [2.45, 2.75) is 45.8 Å². The molecule has 0 aromatic heterocycles. The molecule has 0 radical (unpaired) electrons. The van der Waals surface area contributed by atoms with Crippen LogP contribution < -0.4 is 14.8 Å². The van der Waals surface area contributed by atoms with Crippen molar-refractivity contribution in [3.8, 4) is 11.5 Å². The number of rotatable bonds is 10. The fourth-order valence-electron chi connectivity index (χ4n) is 2.47. The van der Waals surface area contributed by atoms with E-state index < -0.39 is 0 Å². The molecule has 0 aliphatic carbocycles. The standard InChI is InChI=1S/C17H29NO3/c1-6-11-18-17(14(7-2)21-8-3)13-9-10-15(19-4)16(12-13)20-5/h9-10,12,14,17-18H,6-8,11H2,1-5H3. The lowest BCUT2D eigenvalue weighted by molar-refractivity contribution is 0.0314. The highest BCUT2D eigenvalue weighted by Gasteiger charge is 2.22. The van der Waals surface area contributed by atoms with E-state index in [0.717, 1.165) is 37.5 Å². The topological polar surface area (TPSA) is 39.7 Å². The Bertz CT molecular complexity index is 409. The van der Waals surface area contributed by atoms with Crippen LogP contribution in [0.1, 0.15) is 45.2 Å². The molecule has 21 heavy (non-hydrogen) atoms. The summed E-state index contributed by atoms with van der Waals surface area (Å²) >= 11 is 0. The van der Waals surface area contributed by atoms with Crippen LogP contribution >= 0.6 is 0 Å². The van der Waals surface area contributed by atoms with Crippen LogP contribution in [-0.4, -0.2) is 33.5 Å². The fraction of sp³-hybridized carbons (Fsp3) is 0.647. The minimum atomic E-state index is 0.152. The molecule has 0 aliphatic heterocycles. The molecule has 120 valence electrons. The first-order valence-electron chi connectivity index (χ1n) is 7.78. The zero-order chi connectivity index (χ0) is 15.7. The van der Waals surface area contributed by atoms with Crippen LogP contribution in [0, 0.1) is 0 Å². The minimum Gasteiger partial charge on any atom is -0.493 e. The molecule has 0 amide bonds. The molecule has 1 N–H and O–H groups in total. The van der Waals surface area contributed by atoms with Gasteiger partial charge in [0.05, 0.1) is 26.4 Å². The van der Waals surface area contributed by atoms with E-state index in [0.29, 0.717) is 0 Å². The van der Waals surface area contributed by atoms with Crippen LogP contribution in [0.5, 0.6) is 11.5 Å². The molecule has 1 aromatic carbocycles. The van der Waals surface area contributed by atoms with Gasteiger partial charge in [0, 0.05) is 6.61 Å². The van der Waals surface area contributed by atoms with Crippen molar-refractivity contribution in [3.05, 3.63) is 23.8 Å². The van der Waals surface area contributed by atoms with Crippen molar-refractivity contribution < 1.29 is 14.2 Å². The van der Waals surface area contributed by atoms with Crippen molar-refractivity contribution >= 4 is 0 Å². The van der Waals surface area contributed by atoms with Crippen LogP contribution in [0.3, 0.4) is 0 Å². The normalized spacial score (nSPS) is 13.8. The predicted molar refractivity (Wildman–Crippen MR) is 86.3 cm³/mol. The van der Waals surface area contributed by atoms with Crippen molar-refractivity contribution in [3.63, 3.8) is 0 Å². The lowest BCUT2D eigenvalue weighted by Crippen LogP contribution is -2.34. The Morgan fingerprint density at radius 2 is 1.76 bits per heavy atom. The summed E-state index contributed by atoms with van der Waals surface area (Å²) in [5.41, 5.74) is 1.17. The number of methoxy groups -OCH3 is 2. The van der Waals surface area contributed by atoms with E-state index in [2.05, 4.69) is 25.2 Å². The van der Waals surface area contributed by atoms with E-state index >= 15 is 0 Å². The molecule has 0 bridgehead atoms. The third-order valence-corrected chi connectivity index (χ3v) is 3.54. The first-order valence-corrected chi connectivity index (χ1v) is 7.78. The second-order valence-electron chi connectivity index (χ2n) is 4.95. The molecule has 0 fully saturated rings. The second kappa shape index (κ2) is 9.64. The van der Waals surface area contributed by atoms with Crippen molar-refractivity contribution in [1.29, 1.82) is 0 Å². The van der Waals surface area contributed by atoms with Gasteiger partial charge in [0.15, 0.2) is 11.5 Å². The second-order valence-corrected chi connectivity index (χ2v) is 4.95. The van der Waals surface area contributed by atoms with E-state index in [-0.39, 0.29) is 12.1 Å². The lowest BCUT2D eigenvalue weighted by Gasteiger charge is -2.28. The maximum Gasteiger partial charge on any atom is 0.161 e. The molecule has 0 spiro atoms. The van der Waals surface area contributed by atoms with Crippen molar-refractivity contribution in [1.82, 2.24) is 5.32 Å². The molecule has 1 rings (SSSR count). The third kappa shape index (κ3) is 4.90. The summed E-state index contributed by atoms with van der Waals surface area (Å²) in [4.78, 5) is 0. The molecular weight excluding hydrogens is 266 g/mol. The highest BCUT2D eigenvalue weighted by molar-refractivity contribution is 5.44. The molecule has 2 atom stereocenters.